The molecule has 2 aromatic rings. The van der Waals surface area contributed by atoms with E-state index in [0.717, 1.165) is 11.1 Å². The molecule has 160 valence electrons. The van der Waals surface area contributed by atoms with E-state index in [0.29, 0.717) is 19.4 Å². The lowest BCUT2D eigenvalue weighted by Gasteiger charge is -2.14. The molecule has 8 heteroatoms. The first-order valence-electron chi connectivity index (χ1n) is 9.65. The van der Waals surface area contributed by atoms with E-state index in [1.807, 2.05) is 36.4 Å². The highest BCUT2D eigenvalue weighted by molar-refractivity contribution is 5.80. The third kappa shape index (κ3) is 9.18. The molecule has 0 saturated heterocycles. The van der Waals surface area contributed by atoms with Crippen LogP contribution in [-0.4, -0.2) is 30.8 Å². The van der Waals surface area contributed by atoms with Gasteiger partial charge in [0.25, 0.3) is 0 Å². The second kappa shape index (κ2) is 12.9. The van der Waals surface area contributed by atoms with Crippen LogP contribution in [0.1, 0.15) is 30.4 Å². The fraction of sp³-hybridized carbons (Fsp3) is 0.318. The maximum absolute atomic E-state index is 13.2. The summed E-state index contributed by atoms with van der Waals surface area (Å²) in [5, 5.41) is 4.81. The Labute approximate surface area is 174 Å². The lowest BCUT2D eigenvalue weighted by atomic mass is 10.1. The number of carbonyl (C=O) groups is 3. The highest BCUT2D eigenvalue weighted by Crippen LogP contribution is 2.06. The molecule has 1 atom stereocenters. The summed E-state index contributed by atoms with van der Waals surface area (Å²) >= 11 is 0. The Balaban J connectivity index is 1.59. The smallest absolute Gasteiger partial charge is 0.408 e. The van der Waals surface area contributed by atoms with Crippen molar-refractivity contribution in [1.29, 1.82) is 0 Å². The SMILES string of the molecule is O=C(NCCCC[C@@H](NC(=O)OCc1ccccc1)C(=O)F)OCc1ccccc1. The van der Waals surface area contributed by atoms with Gasteiger partial charge in [-0.25, -0.2) is 9.59 Å². The van der Waals surface area contributed by atoms with E-state index in [1.165, 1.54) is 0 Å². The van der Waals surface area contributed by atoms with Crippen LogP contribution in [0.25, 0.3) is 0 Å². The Morgan fingerprint density at radius 1 is 0.800 bits per heavy atom. The van der Waals surface area contributed by atoms with Crippen LogP contribution in [0.2, 0.25) is 0 Å². The van der Waals surface area contributed by atoms with Crippen molar-refractivity contribution in [3.8, 4) is 0 Å². The zero-order chi connectivity index (χ0) is 21.6. The lowest BCUT2D eigenvalue weighted by molar-refractivity contribution is -0.131. The van der Waals surface area contributed by atoms with Crippen molar-refractivity contribution >= 4 is 18.2 Å². The molecule has 0 aromatic heterocycles. The number of ether oxygens (including phenoxy) is 2. The largest absolute Gasteiger partial charge is 0.445 e. The third-order valence-corrected chi connectivity index (χ3v) is 4.18. The summed E-state index contributed by atoms with van der Waals surface area (Å²) in [6.07, 6.45) is -0.420. The topological polar surface area (TPSA) is 93.7 Å². The molecule has 0 heterocycles. The number of nitrogens with one attached hydrogen (secondary N) is 2. The summed E-state index contributed by atoms with van der Waals surface area (Å²) < 4.78 is 23.3. The van der Waals surface area contributed by atoms with Gasteiger partial charge in [-0.3, -0.25) is 4.79 Å². The number of benzene rings is 2. The summed E-state index contributed by atoms with van der Waals surface area (Å²) in [6, 6.07) is 15.3. The van der Waals surface area contributed by atoms with Crippen molar-refractivity contribution in [3.63, 3.8) is 0 Å². The van der Waals surface area contributed by atoms with Gasteiger partial charge in [-0.05, 0) is 30.4 Å². The highest BCUT2D eigenvalue weighted by Gasteiger charge is 2.20. The number of alkyl carbamates (subject to hydrolysis) is 2. The first-order chi connectivity index (χ1) is 14.5. The molecule has 0 fully saturated rings. The minimum atomic E-state index is -1.64. The molecule has 0 spiro atoms. The van der Waals surface area contributed by atoms with Crippen LogP contribution in [0, 0.1) is 0 Å². The van der Waals surface area contributed by atoms with Crippen molar-refractivity contribution in [2.75, 3.05) is 6.54 Å². The fourth-order valence-electron chi connectivity index (χ4n) is 2.59. The van der Waals surface area contributed by atoms with Crippen LogP contribution in [0.3, 0.4) is 0 Å². The predicted octanol–water partition coefficient (Wildman–Crippen LogP) is 3.87. The van der Waals surface area contributed by atoms with Gasteiger partial charge in [-0.2, -0.15) is 4.39 Å². The molecule has 2 aromatic carbocycles. The lowest BCUT2D eigenvalue weighted by Crippen LogP contribution is -2.39. The molecule has 0 aliphatic rings. The Morgan fingerprint density at radius 2 is 1.33 bits per heavy atom. The number of amides is 2. The van der Waals surface area contributed by atoms with Gasteiger partial charge in [0, 0.05) is 6.54 Å². The van der Waals surface area contributed by atoms with Crippen LogP contribution < -0.4 is 10.6 Å². The van der Waals surface area contributed by atoms with E-state index >= 15 is 0 Å². The van der Waals surface area contributed by atoms with Crippen molar-refractivity contribution in [1.82, 2.24) is 10.6 Å². The fourth-order valence-corrected chi connectivity index (χ4v) is 2.59. The van der Waals surface area contributed by atoms with E-state index in [2.05, 4.69) is 10.6 Å². The number of hydrogen-bond donors (Lipinski definition) is 2. The maximum Gasteiger partial charge on any atom is 0.408 e. The third-order valence-electron chi connectivity index (χ3n) is 4.18. The minimum absolute atomic E-state index is 0.0227. The molecule has 2 rings (SSSR count). The number of unbranched alkanes of at least 4 members (excludes halogenated alkanes) is 1. The van der Waals surface area contributed by atoms with E-state index < -0.39 is 24.3 Å². The molecule has 0 saturated carbocycles. The molecule has 0 bridgehead atoms. The van der Waals surface area contributed by atoms with E-state index in [9.17, 15) is 18.8 Å². The molecule has 30 heavy (non-hydrogen) atoms. The van der Waals surface area contributed by atoms with Gasteiger partial charge < -0.3 is 20.1 Å². The van der Waals surface area contributed by atoms with Crippen LogP contribution in [0.4, 0.5) is 14.0 Å². The molecule has 0 unspecified atom stereocenters. The summed E-state index contributed by atoms with van der Waals surface area (Å²) in [4.78, 5) is 34.5. The Hall–Kier alpha value is -3.42. The van der Waals surface area contributed by atoms with Crippen LogP contribution >= 0.6 is 0 Å². The van der Waals surface area contributed by atoms with Crippen molar-refractivity contribution in [3.05, 3.63) is 71.8 Å². The first kappa shape index (κ1) is 22.9. The summed E-state index contributed by atoms with van der Waals surface area (Å²) in [7, 11) is 0. The van der Waals surface area contributed by atoms with E-state index in [-0.39, 0.29) is 19.6 Å². The van der Waals surface area contributed by atoms with E-state index in [4.69, 9.17) is 9.47 Å². The summed E-state index contributed by atoms with van der Waals surface area (Å²) in [6.45, 7) is 0.494. The second-order valence-electron chi connectivity index (χ2n) is 6.55. The van der Waals surface area contributed by atoms with Gasteiger partial charge in [0.15, 0.2) is 0 Å². The van der Waals surface area contributed by atoms with Crippen LogP contribution in [0.15, 0.2) is 60.7 Å². The summed E-state index contributed by atoms with van der Waals surface area (Å²) in [5.74, 6) is 0. The van der Waals surface area contributed by atoms with Crippen molar-refractivity contribution in [2.45, 2.75) is 38.5 Å². The Bertz CT molecular complexity index is 802. The number of carbonyl (C=O) groups excluding carboxylic acids is 3. The van der Waals surface area contributed by atoms with Crippen LogP contribution in [-0.2, 0) is 27.5 Å². The standard InChI is InChI=1S/C22H25FN2O5/c23-20(26)19(25-22(28)30-16-18-11-5-2-6-12-18)13-7-8-14-24-21(27)29-15-17-9-3-1-4-10-17/h1-6,9-12,19H,7-8,13-16H2,(H,24,27)(H,25,28)/t19-/m1/s1. The Morgan fingerprint density at radius 3 is 1.87 bits per heavy atom. The highest BCUT2D eigenvalue weighted by atomic mass is 19.1. The van der Waals surface area contributed by atoms with E-state index in [1.54, 1.807) is 24.3 Å². The molecule has 2 amide bonds. The second-order valence-corrected chi connectivity index (χ2v) is 6.55. The number of rotatable bonds is 11. The Kier molecular flexibility index (Phi) is 9.85. The monoisotopic (exact) mass is 416 g/mol. The summed E-state index contributed by atoms with van der Waals surface area (Å²) in [5.41, 5.74) is 1.66. The minimum Gasteiger partial charge on any atom is -0.445 e. The predicted molar refractivity (Wildman–Crippen MR) is 108 cm³/mol. The molecule has 2 N–H and O–H groups in total. The van der Waals surface area contributed by atoms with Gasteiger partial charge in [0.1, 0.15) is 19.3 Å². The first-order valence-corrected chi connectivity index (χ1v) is 9.65. The van der Waals surface area contributed by atoms with Gasteiger partial charge >= 0.3 is 18.2 Å². The normalized spacial score (nSPS) is 11.2. The zero-order valence-corrected chi connectivity index (χ0v) is 16.5. The van der Waals surface area contributed by atoms with Gasteiger partial charge in [0.2, 0.25) is 0 Å². The number of halogens is 1. The number of hydrogen-bond acceptors (Lipinski definition) is 5. The molecular formula is C22H25FN2O5. The average Bonchev–Trinajstić information content (AvgIpc) is 2.76. The van der Waals surface area contributed by atoms with Gasteiger partial charge in [0.05, 0.1) is 0 Å². The van der Waals surface area contributed by atoms with Crippen LogP contribution in [0.5, 0.6) is 0 Å². The average molecular weight is 416 g/mol. The van der Waals surface area contributed by atoms with Crippen molar-refractivity contribution in [2.24, 2.45) is 0 Å². The molecule has 0 aliphatic heterocycles. The molecule has 0 aliphatic carbocycles. The molecular weight excluding hydrogens is 391 g/mol. The zero-order valence-electron chi connectivity index (χ0n) is 16.5. The maximum atomic E-state index is 13.2. The molecule has 7 nitrogen and oxygen atoms in total. The van der Waals surface area contributed by atoms with Crippen molar-refractivity contribution < 1.29 is 28.2 Å². The quantitative estimate of drug-likeness (QED) is 0.428. The van der Waals surface area contributed by atoms with Gasteiger partial charge in [-0.1, -0.05) is 60.7 Å². The van der Waals surface area contributed by atoms with Gasteiger partial charge in [-0.15, -0.1) is 0 Å². The molecule has 0 radical (unpaired) electrons.